The fourth-order valence-corrected chi connectivity index (χ4v) is 13.2. The van der Waals surface area contributed by atoms with Gasteiger partial charge in [0.05, 0.1) is 11.7 Å². The summed E-state index contributed by atoms with van der Waals surface area (Å²) in [6.45, 7) is 10.2. The summed E-state index contributed by atoms with van der Waals surface area (Å²) in [5.41, 5.74) is 0.963. The van der Waals surface area contributed by atoms with E-state index in [0.29, 0.717) is 16.3 Å². The molecule has 206 valence electrons. The molecule has 6 fully saturated rings. The van der Waals surface area contributed by atoms with Gasteiger partial charge in [0.25, 0.3) is 0 Å². The van der Waals surface area contributed by atoms with E-state index in [-0.39, 0.29) is 5.60 Å². The quantitative estimate of drug-likeness (QED) is 0.323. The molecule has 0 aromatic heterocycles. The molecule has 3 saturated carbocycles. The van der Waals surface area contributed by atoms with Gasteiger partial charge in [-0.05, 0) is 117 Å². The van der Waals surface area contributed by atoms with Crippen LogP contribution >= 0.6 is 23.5 Å². The highest BCUT2D eigenvalue weighted by molar-refractivity contribution is 8.02. The van der Waals surface area contributed by atoms with E-state index in [0.717, 1.165) is 41.4 Å². The van der Waals surface area contributed by atoms with Crippen LogP contribution in [-0.4, -0.2) is 33.7 Å². The normalized spacial score (nSPS) is 45.8. The maximum Gasteiger partial charge on any atom is 0.0716 e. The van der Waals surface area contributed by atoms with Crippen molar-refractivity contribution in [3.63, 3.8) is 0 Å². The molecule has 3 heterocycles. The Labute approximate surface area is 232 Å². The zero-order chi connectivity index (χ0) is 25.0. The number of ether oxygens (including phenoxy) is 1. The van der Waals surface area contributed by atoms with Crippen LogP contribution in [-0.2, 0) is 4.74 Å². The Morgan fingerprint density at radius 3 is 2.28 bits per heavy atom. The van der Waals surface area contributed by atoms with E-state index >= 15 is 0 Å². The van der Waals surface area contributed by atoms with Crippen LogP contribution in [0.25, 0.3) is 0 Å². The lowest BCUT2D eigenvalue weighted by molar-refractivity contribution is -0.244. The number of thioether (sulfide) groups is 2. The highest BCUT2D eigenvalue weighted by Gasteiger charge is 2.53. The van der Waals surface area contributed by atoms with Crippen LogP contribution in [0.2, 0.25) is 0 Å². The zero-order valence-corrected chi connectivity index (χ0v) is 25.7. The zero-order valence-electron chi connectivity index (χ0n) is 24.1. The van der Waals surface area contributed by atoms with Crippen LogP contribution in [0.4, 0.5) is 0 Å². The largest absolute Gasteiger partial charge is 0.372 e. The Morgan fingerprint density at radius 1 is 0.806 bits per heavy atom. The first-order valence-corrected chi connectivity index (χ1v) is 18.3. The van der Waals surface area contributed by atoms with Crippen molar-refractivity contribution in [3.05, 3.63) is 0 Å². The smallest absolute Gasteiger partial charge is 0.0716 e. The van der Waals surface area contributed by atoms with Gasteiger partial charge in [0.1, 0.15) is 0 Å². The van der Waals surface area contributed by atoms with Gasteiger partial charge in [0.2, 0.25) is 0 Å². The van der Waals surface area contributed by atoms with Gasteiger partial charge in [-0.1, -0.05) is 53.4 Å². The van der Waals surface area contributed by atoms with Crippen LogP contribution in [0.1, 0.15) is 124 Å². The standard InChI is InChI=1S/C33H56OS2/c1-23(2)28-16-26(14-24(3)27-8-7-11-33(19-27)12-13-36-33)17-32(18-28)20-29(34-32)15-25(4)30-9-5-6-10-31(30)21-35-22-31/h23-30H,5-22H2,1-4H3. The molecule has 3 saturated heterocycles. The van der Waals surface area contributed by atoms with Crippen molar-refractivity contribution >= 4 is 23.5 Å². The van der Waals surface area contributed by atoms with Gasteiger partial charge in [0.15, 0.2) is 0 Å². The van der Waals surface area contributed by atoms with E-state index < -0.39 is 0 Å². The molecule has 3 aliphatic carbocycles. The van der Waals surface area contributed by atoms with E-state index in [2.05, 4.69) is 51.2 Å². The van der Waals surface area contributed by atoms with Crippen LogP contribution in [0.5, 0.6) is 0 Å². The van der Waals surface area contributed by atoms with Gasteiger partial charge in [0, 0.05) is 22.7 Å². The molecule has 1 nitrogen and oxygen atoms in total. The number of hydrogen-bond acceptors (Lipinski definition) is 3. The lowest BCUT2D eigenvalue weighted by Crippen LogP contribution is -2.56. The van der Waals surface area contributed by atoms with Crippen molar-refractivity contribution in [2.75, 3.05) is 17.3 Å². The van der Waals surface area contributed by atoms with Crippen molar-refractivity contribution in [1.82, 2.24) is 0 Å². The van der Waals surface area contributed by atoms with Crippen molar-refractivity contribution in [1.29, 1.82) is 0 Å². The first-order valence-electron chi connectivity index (χ1n) is 16.2. The lowest BCUT2D eigenvalue weighted by Gasteiger charge is -2.57. The molecule has 0 aromatic carbocycles. The average Bonchev–Trinajstić information content (AvgIpc) is 2.80. The minimum atomic E-state index is 0.246. The molecule has 0 aromatic rings. The topological polar surface area (TPSA) is 9.23 Å². The van der Waals surface area contributed by atoms with Gasteiger partial charge in [-0.2, -0.15) is 23.5 Å². The van der Waals surface area contributed by atoms with Crippen molar-refractivity contribution in [2.24, 2.45) is 46.8 Å². The number of rotatable bonds is 7. The Kier molecular flexibility index (Phi) is 7.89. The van der Waals surface area contributed by atoms with Crippen molar-refractivity contribution in [3.8, 4) is 0 Å². The third-order valence-corrected chi connectivity index (χ3v) is 15.7. The maximum absolute atomic E-state index is 7.04. The molecule has 9 unspecified atom stereocenters. The van der Waals surface area contributed by atoms with Crippen LogP contribution in [0.3, 0.4) is 0 Å². The molecule has 0 N–H and O–H groups in total. The second-order valence-corrected chi connectivity index (χ2v) is 18.0. The third kappa shape index (κ3) is 5.23. The molecule has 0 amide bonds. The van der Waals surface area contributed by atoms with Gasteiger partial charge in [-0.25, -0.2) is 0 Å². The number of hydrogen-bond donors (Lipinski definition) is 0. The lowest BCUT2D eigenvalue weighted by atomic mass is 9.60. The van der Waals surface area contributed by atoms with E-state index in [1.54, 1.807) is 0 Å². The summed E-state index contributed by atoms with van der Waals surface area (Å²) in [5.74, 6) is 10.7. The second kappa shape index (κ2) is 10.6. The molecule has 3 aliphatic heterocycles. The molecular formula is C33H56OS2. The first kappa shape index (κ1) is 26.9. The summed E-state index contributed by atoms with van der Waals surface area (Å²) >= 11 is 4.52. The van der Waals surface area contributed by atoms with Gasteiger partial charge in [-0.3, -0.25) is 0 Å². The monoisotopic (exact) mass is 532 g/mol. The van der Waals surface area contributed by atoms with Gasteiger partial charge < -0.3 is 4.74 Å². The summed E-state index contributed by atoms with van der Waals surface area (Å²) in [6.07, 6.45) is 22.5. The Morgan fingerprint density at radius 2 is 1.61 bits per heavy atom. The minimum Gasteiger partial charge on any atom is -0.372 e. The summed E-state index contributed by atoms with van der Waals surface area (Å²) < 4.78 is 7.75. The minimum absolute atomic E-state index is 0.246. The van der Waals surface area contributed by atoms with Crippen LogP contribution < -0.4 is 0 Å². The molecule has 6 aliphatic rings. The fraction of sp³-hybridized carbons (Fsp3) is 1.00. The summed E-state index contributed by atoms with van der Waals surface area (Å²) in [7, 11) is 0. The second-order valence-electron chi connectivity index (χ2n) is 15.4. The molecule has 0 bridgehead atoms. The molecule has 9 atom stereocenters. The third-order valence-electron chi connectivity index (χ3n) is 12.5. The van der Waals surface area contributed by atoms with Crippen LogP contribution in [0, 0.1) is 46.8 Å². The highest BCUT2D eigenvalue weighted by atomic mass is 32.2. The molecule has 3 heteroatoms. The fourth-order valence-electron chi connectivity index (χ4n) is 10.4. The average molecular weight is 533 g/mol. The van der Waals surface area contributed by atoms with E-state index in [1.807, 2.05) is 0 Å². The summed E-state index contributed by atoms with van der Waals surface area (Å²) in [6, 6.07) is 0. The Bertz CT molecular complexity index is 749. The predicted molar refractivity (Wildman–Crippen MR) is 159 cm³/mol. The molecule has 0 radical (unpaired) electrons. The highest BCUT2D eigenvalue weighted by Crippen LogP contribution is 2.58. The maximum atomic E-state index is 7.04. The van der Waals surface area contributed by atoms with Gasteiger partial charge in [-0.15, -0.1) is 0 Å². The predicted octanol–water partition coefficient (Wildman–Crippen LogP) is 9.63. The molecule has 36 heavy (non-hydrogen) atoms. The summed E-state index contributed by atoms with van der Waals surface area (Å²) in [4.78, 5) is 0. The molecule has 6 rings (SSSR count). The first-order chi connectivity index (χ1) is 17.3. The van der Waals surface area contributed by atoms with Crippen LogP contribution in [0.15, 0.2) is 0 Å². The molecule has 3 spiro atoms. The van der Waals surface area contributed by atoms with E-state index in [9.17, 15) is 0 Å². The Balaban J connectivity index is 1.04. The SMILES string of the molecule is CC(C)C1CC(CC(C)C2CCCC3(CCS3)C2)CC2(CC(CC(C)C3CCCCC34CSC4)O2)C1. The molecular weight excluding hydrogens is 476 g/mol. The van der Waals surface area contributed by atoms with Crippen molar-refractivity contribution < 1.29 is 4.74 Å². The van der Waals surface area contributed by atoms with Gasteiger partial charge >= 0.3 is 0 Å². The van der Waals surface area contributed by atoms with Crippen molar-refractivity contribution in [2.45, 2.75) is 140 Å². The Hall–Kier alpha value is 0.660. The summed E-state index contributed by atoms with van der Waals surface area (Å²) in [5, 5.41) is 0. The van der Waals surface area contributed by atoms with E-state index in [4.69, 9.17) is 4.74 Å². The van der Waals surface area contributed by atoms with E-state index in [1.165, 1.54) is 114 Å².